The molecule has 1 aliphatic rings. The zero-order valence-electron chi connectivity index (χ0n) is 13.0. The van der Waals surface area contributed by atoms with Gasteiger partial charge in [0.2, 0.25) is 0 Å². The van der Waals surface area contributed by atoms with Crippen molar-refractivity contribution in [1.29, 1.82) is 0 Å². The molecule has 0 aliphatic carbocycles. The first-order valence-corrected chi connectivity index (χ1v) is 9.27. The monoisotopic (exact) mass is 394 g/mol. The first kappa shape index (κ1) is 16.5. The molecule has 0 amide bonds. The van der Waals surface area contributed by atoms with Crippen molar-refractivity contribution in [2.45, 2.75) is 10.8 Å². The molecule has 0 radical (unpaired) electrons. The summed E-state index contributed by atoms with van der Waals surface area (Å²) >= 11 is 5.22. The highest BCUT2D eigenvalue weighted by Crippen LogP contribution is 2.32. The molecule has 3 rings (SSSR count). The van der Waals surface area contributed by atoms with Gasteiger partial charge in [0.1, 0.15) is 10.8 Å². The van der Waals surface area contributed by atoms with Crippen molar-refractivity contribution in [3.63, 3.8) is 0 Å². The van der Waals surface area contributed by atoms with E-state index >= 15 is 0 Å². The molecule has 0 saturated carbocycles. The maximum absolute atomic E-state index is 5.45. The SMILES string of the molecule is COc1ccc(Br)cc1CSc1nccnc1N1CCNCC1. The molecule has 23 heavy (non-hydrogen) atoms. The van der Waals surface area contributed by atoms with Gasteiger partial charge in [-0.25, -0.2) is 9.97 Å². The second-order valence-corrected chi connectivity index (χ2v) is 7.05. The summed E-state index contributed by atoms with van der Waals surface area (Å²) in [6.45, 7) is 3.90. The Morgan fingerprint density at radius 3 is 2.83 bits per heavy atom. The van der Waals surface area contributed by atoms with Gasteiger partial charge in [-0.05, 0) is 18.2 Å². The number of halogens is 1. The zero-order chi connectivity index (χ0) is 16.1. The first-order chi connectivity index (χ1) is 11.3. The fourth-order valence-electron chi connectivity index (χ4n) is 2.52. The minimum absolute atomic E-state index is 0.792. The normalized spacial score (nSPS) is 14.8. The van der Waals surface area contributed by atoms with Gasteiger partial charge in [-0.3, -0.25) is 0 Å². The highest BCUT2D eigenvalue weighted by atomic mass is 79.9. The van der Waals surface area contributed by atoms with Gasteiger partial charge in [-0.1, -0.05) is 27.7 Å². The molecular formula is C16H19BrN4OS. The lowest BCUT2D eigenvalue weighted by Gasteiger charge is -2.29. The quantitative estimate of drug-likeness (QED) is 0.786. The number of benzene rings is 1. The van der Waals surface area contributed by atoms with Gasteiger partial charge in [0.15, 0.2) is 5.82 Å². The van der Waals surface area contributed by atoms with Crippen LogP contribution in [-0.4, -0.2) is 43.3 Å². The predicted molar refractivity (Wildman–Crippen MR) is 97.4 cm³/mol. The van der Waals surface area contributed by atoms with Crippen LogP contribution in [0.1, 0.15) is 5.56 Å². The van der Waals surface area contributed by atoms with E-state index in [9.17, 15) is 0 Å². The lowest BCUT2D eigenvalue weighted by molar-refractivity contribution is 0.411. The van der Waals surface area contributed by atoms with Crippen molar-refractivity contribution in [1.82, 2.24) is 15.3 Å². The van der Waals surface area contributed by atoms with Crippen LogP contribution in [0.2, 0.25) is 0 Å². The van der Waals surface area contributed by atoms with Crippen LogP contribution in [-0.2, 0) is 5.75 Å². The third-order valence-corrected chi connectivity index (χ3v) is 5.18. The number of hydrogen-bond acceptors (Lipinski definition) is 6. The molecule has 1 aliphatic heterocycles. The van der Waals surface area contributed by atoms with Crippen molar-refractivity contribution in [3.05, 3.63) is 40.6 Å². The van der Waals surface area contributed by atoms with Crippen LogP contribution < -0.4 is 15.0 Å². The molecular weight excluding hydrogens is 376 g/mol. The van der Waals surface area contributed by atoms with Gasteiger partial charge in [0.25, 0.3) is 0 Å². The molecule has 0 unspecified atom stereocenters. The first-order valence-electron chi connectivity index (χ1n) is 7.50. The molecule has 7 heteroatoms. The molecule has 2 aromatic rings. The number of thioether (sulfide) groups is 1. The number of methoxy groups -OCH3 is 1. The van der Waals surface area contributed by atoms with Gasteiger partial charge < -0.3 is 15.0 Å². The van der Waals surface area contributed by atoms with E-state index in [-0.39, 0.29) is 0 Å². The van der Waals surface area contributed by atoms with Crippen LogP contribution in [0.25, 0.3) is 0 Å². The summed E-state index contributed by atoms with van der Waals surface area (Å²) < 4.78 is 6.50. The van der Waals surface area contributed by atoms with Crippen molar-refractivity contribution in [2.24, 2.45) is 0 Å². The van der Waals surface area contributed by atoms with E-state index in [1.807, 2.05) is 12.1 Å². The molecule has 0 atom stereocenters. The van der Waals surface area contributed by atoms with Gasteiger partial charge in [-0.2, -0.15) is 0 Å². The number of anilines is 1. The van der Waals surface area contributed by atoms with Crippen LogP contribution in [0, 0.1) is 0 Å². The average Bonchev–Trinajstić information content (AvgIpc) is 2.61. The Hall–Kier alpha value is -1.31. The Bertz CT molecular complexity index is 664. The van der Waals surface area contributed by atoms with E-state index in [0.29, 0.717) is 0 Å². The molecule has 122 valence electrons. The molecule has 1 N–H and O–H groups in total. The zero-order valence-corrected chi connectivity index (χ0v) is 15.4. The molecule has 1 aromatic heterocycles. The molecule has 1 fully saturated rings. The van der Waals surface area contributed by atoms with E-state index in [1.54, 1.807) is 31.3 Å². The second kappa shape index (κ2) is 7.99. The van der Waals surface area contributed by atoms with E-state index in [0.717, 1.165) is 58.6 Å². The minimum Gasteiger partial charge on any atom is -0.496 e. The molecule has 0 spiro atoms. The molecule has 2 heterocycles. The highest BCUT2D eigenvalue weighted by Gasteiger charge is 2.17. The summed E-state index contributed by atoms with van der Waals surface area (Å²) in [6, 6.07) is 6.06. The van der Waals surface area contributed by atoms with E-state index in [1.165, 1.54) is 0 Å². The Kier molecular flexibility index (Phi) is 5.75. The van der Waals surface area contributed by atoms with Gasteiger partial charge >= 0.3 is 0 Å². The smallest absolute Gasteiger partial charge is 0.161 e. The molecule has 1 aromatic carbocycles. The summed E-state index contributed by atoms with van der Waals surface area (Å²) in [5.41, 5.74) is 1.14. The Morgan fingerprint density at radius 2 is 2.04 bits per heavy atom. The summed E-state index contributed by atoms with van der Waals surface area (Å²) in [4.78, 5) is 11.4. The van der Waals surface area contributed by atoms with Gasteiger partial charge in [0.05, 0.1) is 7.11 Å². The average molecular weight is 395 g/mol. The van der Waals surface area contributed by atoms with Crippen LogP contribution in [0.5, 0.6) is 5.75 Å². The van der Waals surface area contributed by atoms with Crippen molar-refractivity contribution in [2.75, 3.05) is 38.2 Å². The topological polar surface area (TPSA) is 50.3 Å². The number of ether oxygens (including phenoxy) is 1. The third kappa shape index (κ3) is 4.16. The fraction of sp³-hybridized carbons (Fsp3) is 0.375. The van der Waals surface area contributed by atoms with Gasteiger partial charge in [-0.15, -0.1) is 0 Å². The van der Waals surface area contributed by atoms with Gasteiger partial charge in [0, 0.05) is 54.4 Å². The number of piperazine rings is 1. The number of hydrogen-bond donors (Lipinski definition) is 1. The highest BCUT2D eigenvalue weighted by molar-refractivity contribution is 9.10. The summed E-state index contributed by atoms with van der Waals surface area (Å²) in [5, 5.41) is 4.33. The summed E-state index contributed by atoms with van der Waals surface area (Å²) in [5.74, 6) is 2.67. The summed E-state index contributed by atoms with van der Waals surface area (Å²) in [6.07, 6.45) is 3.52. The number of aromatic nitrogens is 2. The van der Waals surface area contributed by atoms with Crippen LogP contribution >= 0.6 is 27.7 Å². The van der Waals surface area contributed by atoms with Crippen LogP contribution in [0.3, 0.4) is 0 Å². The van der Waals surface area contributed by atoms with Crippen molar-refractivity contribution < 1.29 is 4.74 Å². The maximum Gasteiger partial charge on any atom is 0.161 e. The fourth-order valence-corrected chi connectivity index (χ4v) is 3.89. The Morgan fingerprint density at radius 1 is 1.26 bits per heavy atom. The Labute approximate surface area is 149 Å². The molecule has 5 nitrogen and oxygen atoms in total. The minimum atomic E-state index is 0.792. The maximum atomic E-state index is 5.45. The van der Waals surface area contributed by atoms with Crippen molar-refractivity contribution >= 4 is 33.5 Å². The van der Waals surface area contributed by atoms with Crippen molar-refractivity contribution in [3.8, 4) is 5.75 Å². The lowest BCUT2D eigenvalue weighted by Crippen LogP contribution is -2.44. The number of rotatable bonds is 5. The number of nitrogens with zero attached hydrogens (tertiary/aromatic N) is 3. The van der Waals surface area contributed by atoms with Crippen LogP contribution in [0.15, 0.2) is 40.1 Å². The molecule has 0 bridgehead atoms. The number of nitrogens with one attached hydrogen (secondary N) is 1. The molecule has 1 saturated heterocycles. The second-order valence-electron chi connectivity index (χ2n) is 5.17. The summed E-state index contributed by atoms with van der Waals surface area (Å²) in [7, 11) is 1.70. The lowest BCUT2D eigenvalue weighted by atomic mass is 10.2. The standard InChI is InChI=1S/C16H19BrN4OS/c1-22-14-3-2-13(17)10-12(14)11-23-16-15(19-4-5-20-16)21-8-6-18-7-9-21/h2-5,10,18H,6-9,11H2,1H3. The van der Waals surface area contributed by atoms with E-state index in [4.69, 9.17) is 4.74 Å². The van der Waals surface area contributed by atoms with E-state index in [2.05, 4.69) is 42.2 Å². The third-order valence-electron chi connectivity index (χ3n) is 3.67. The Balaban J connectivity index is 1.77. The van der Waals surface area contributed by atoms with Crippen LogP contribution in [0.4, 0.5) is 5.82 Å². The largest absolute Gasteiger partial charge is 0.496 e. The van der Waals surface area contributed by atoms with E-state index < -0.39 is 0 Å². The predicted octanol–water partition coefficient (Wildman–Crippen LogP) is 2.95.